The summed E-state index contributed by atoms with van der Waals surface area (Å²) in [6.45, 7) is -0.488. The molecule has 1 N–H and O–H groups in total. The molecular weight excluding hydrogens is 369 g/mol. The Balaban J connectivity index is 1.77. The molecule has 1 amide bonds. The summed E-state index contributed by atoms with van der Waals surface area (Å²) in [6.07, 6.45) is -0.276. The van der Waals surface area contributed by atoms with Crippen LogP contribution in [-0.4, -0.2) is 38.5 Å². The van der Waals surface area contributed by atoms with Crippen LogP contribution in [0, 0.1) is 5.82 Å². The van der Waals surface area contributed by atoms with Gasteiger partial charge in [-0.2, -0.15) is 0 Å². The maximum Gasteiger partial charge on any atom is 0.306 e. The van der Waals surface area contributed by atoms with E-state index in [0.717, 1.165) is 0 Å². The lowest BCUT2D eigenvalue weighted by atomic mass is 10.1. The molecule has 0 saturated heterocycles. The van der Waals surface area contributed by atoms with Gasteiger partial charge < -0.3 is 19.5 Å². The second-order valence-electron chi connectivity index (χ2n) is 5.71. The minimum atomic E-state index is -0.682. The number of carbonyl (C=O) groups excluding carboxylic acids is 3. The van der Waals surface area contributed by atoms with Gasteiger partial charge in [-0.15, -0.1) is 0 Å². The fraction of sp³-hybridized carbons (Fsp3) is 0.250. The van der Waals surface area contributed by atoms with Crippen LogP contribution in [0.25, 0.3) is 0 Å². The molecule has 0 heterocycles. The number of ether oxygens (including phenoxy) is 3. The van der Waals surface area contributed by atoms with Crippen molar-refractivity contribution in [2.75, 3.05) is 26.1 Å². The number of rotatable bonds is 9. The molecule has 0 fully saturated rings. The molecule has 0 saturated carbocycles. The summed E-state index contributed by atoms with van der Waals surface area (Å²) in [7, 11) is 2.97. The number of methoxy groups -OCH3 is 2. The van der Waals surface area contributed by atoms with E-state index in [1.165, 1.54) is 38.5 Å². The van der Waals surface area contributed by atoms with Crippen LogP contribution in [0.15, 0.2) is 42.5 Å². The monoisotopic (exact) mass is 389 g/mol. The van der Waals surface area contributed by atoms with Gasteiger partial charge in [-0.05, 0) is 36.4 Å². The van der Waals surface area contributed by atoms with E-state index in [9.17, 15) is 18.8 Å². The molecule has 8 heteroatoms. The predicted octanol–water partition coefficient (Wildman–Crippen LogP) is 2.99. The number of carbonyl (C=O) groups is 3. The zero-order chi connectivity index (χ0) is 20.5. The van der Waals surface area contributed by atoms with Gasteiger partial charge in [-0.1, -0.05) is 0 Å². The van der Waals surface area contributed by atoms with Crippen molar-refractivity contribution in [3.05, 3.63) is 53.8 Å². The lowest BCUT2D eigenvalue weighted by Gasteiger charge is -2.10. The third-order valence-corrected chi connectivity index (χ3v) is 3.75. The molecule has 2 aromatic rings. The van der Waals surface area contributed by atoms with Crippen LogP contribution in [0.2, 0.25) is 0 Å². The first-order valence-electron chi connectivity index (χ1n) is 8.39. The average molecular weight is 389 g/mol. The van der Waals surface area contributed by atoms with Crippen molar-refractivity contribution in [2.24, 2.45) is 0 Å². The minimum absolute atomic E-state index is 0.0955. The van der Waals surface area contributed by atoms with Crippen molar-refractivity contribution in [1.29, 1.82) is 0 Å². The van der Waals surface area contributed by atoms with E-state index in [1.54, 1.807) is 18.2 Å². The lowest BCUT2D eigenvalue weighted by molar-refractivity contribution is -0.147. The van der Waals surface area contributed by atoms with Gasteiger partial charge >= 0.3 is 5.97 Å². The fourth-order valence-corrected chi connectivity index (χ4v) is 2.32. The highest BCUT2D eigenvalue weighted by Gasteiger charge is 2.13. The van der Waals surface area contributed by atoms with E-state index in [0.29, 0.717) is 22.7 Å². The first-order chi connectivity index (χ1) is 13.4. The summed E-state index contributed by atoms with van der Waals surface area (Å²) >= 11 is 0. The fourth-order valence-electron chi connectivity index (χ4n) is 2.32. The van der Waals surface area contributed by atoms with E-state index < -0.39 is 24.3 Å². The number of ketones is 1. The molecule has 0 bridgehead atoms. The maximum absolute atomic E-state index is 12.8. The van der Waals surface area contributed by atoms with Crippen LogP contribution in [-0.2, 0) is 14.3 Å². The third-order valence-electron chi connectivity index (χ3n) is 3.75. The number of nitrogens with one attached hydrogen (secondary N) is 1. The summed E-state index contributed by atoms with van der Waals surface area (Å²) < 4.78 is 27.9. The normalized spacial score (nSPS) is 10.1. The largest absolute Gasteiger partial charge is 0.493 e. The van der Waals surface area contributed by atoms with Crippen LogP contribution >= 0.6 is 0 Å². The molecule has 2 rings (SSSR count). The zero-order valence-corrected chi connectivity index (χ0v) is 15.5. The van der Waals surface area contributed by atoms with Gasteiger partial charge in [0.2, 0.25) is 0 Å². The molecule has 0 unspecified atom stereocenters. The van der Waals surface area contributed by atoms with Gasteiger partial charge in [0.15, 0.2) is 23.9 Å². The highest BCUT2D eigenvalue weighted by Crippen LogP contribution is 2.29. The Morgan fingerprint density at radius 3 is 2.25 bits per heavy atom. The van der Waals surface area contributed by atoms with Crippen LogP contribution in [0.3, 0.4) is 0 Å². The highest BCUT2D eigenvalue weighted by atomic mass is 19.1. The minimum Gasteiger partial charge on any atom is -0.493 e. The topological polar surface area (TPSA) is 90.9 Å². The zero-order valence-electron chi connectivity index (χ0n) is 15.5. The second kappa shape index (κ2) is 10.1. The van der Waals surface area contributed by atoms with Crippen molar-refractivity contribution in [2.45, 2.75) is 12.8 Å². The number of amides is 1. The van der Waals surface area contributed by atoms with Gasteiger partial charge in [0, 0.05) is 23.7 Å². The number of anilines is 1. The predicted molar refractivity (Wildman–Crippen MR) is 99.1 cm³/mol. The molecule has 148 valence electrons. The Hall–Kier alpha value is -3.42. The van der Waals surface area contributed by atoms with Gasteiger partial charge in [0.05, 0.1) is 20.6 Å². The Morgan fingerprint density at radius 2 is 1.61 bits per heavy atom. The van der Waals surface area contributed by atoms with E-state index in [2.05, 4.69) is 5.32 Å². The van der Waals surface area contributed by atoms with Crippen molar-refractivity contribution in [3.63, 3.8) is 0 Å². The van der Waals surface area contributed by atoms with Crippen molar-refractivity contribution >= 4 is 23.3 Å². The van der Waals surface area contributed by atoms with Gasteiger partial charge in [-0.3, -0.25) is 14.4 Å². The quantitative estimate of drug-likeness (QED) is 0.524. The SMILES string of the molecule is COc1ccc(NC(=O)COC(=O)CCC(=O)c2ccc(F)cc2)cc1OC. The Labute approximate surface area is 161 Å². The van der Waals surface area contributed by atoms with Gasteiger partial charge in [0.1, 0.15) is 5.82 Å². The number of halogens is 1. The van der Waals surface area contributed by atoms with Crippen LogP contribution < -0.4 is 14.8 Å². The smallest absolute Gasteiger partial charge is 0.306 e. The number of Topliss-reactive ketones (excluding diaryl/α,β-unsaturated/α-hetero) is 1. The van der Waals surface area contributed by atoms with Crippen molar-refractivity contribution in [1.82, 2.24) is 0 Å². The van der Waals surface area contributed by atoms with E-state index in [1.807, 2.05) is 0 Å². The molecule has 0 aromatic heterocycles. The summed E-state index contributed by atoms with van der Waals surface area (Å²) in [5.74, 6) is -1.03. The lowest BCUT2D eigenvalue weighted by Crippen LogP contribution is -2.21. The maximum atomic E-state index is 12.8. The van der Waals surface area contributed by atoms with Crippen molar-refractivity contribution in [3.8, 4) is 11.5 Å². The van der Waals surface area contributed by atoms with E-state index in [-0.39, 0.29) is 18.6 Å². The molecule has 28 heavy (non-hydrogen) atoms. The molecule has 2 aromatic carbocycles. The summed E-state index contributed by atoms with van der Waals surface area (Å²) in [5.41, 5.74) is 0.755. The summed E-state index contributed by atoms with van der Waals surface area (Å²) in [6, 6.07) is 9.84. The Morgan fingerprint density at radius 1 is 0.929 bits per heavy atom. The molecule has 7 nitrogen and oxygen atoms in total. The number of hydrogen-bond donors (Lipinski definition) is 1. The molecule has 0 aliphatic carbocycles. The highest BCUT2D eigenvalue weighted by molar-refractivity contribution is 5.98. The first-order valence-corrected chi connectivity index (χ1v) is 8.39. The first kappa shape index (κ1) is 20.9. The van der Waals surface area contributed by atoms with Gasteiger partial charge in [-0.25, -0.2) is 4.39 Å². The molecule has 0 aliphatic rings. The van der Waals surface area contributed by atoms with Crippen LogP contribution in [0.4, 0.5) is 10.1 Å². The Bertz CT molecular complexity index is 850. The standard InChI is InChI=1S/C20H20FNO6/c1-26-17-9-7-15(11-18(17)27-2)22-19(24)12-28-20(25)10-8-16(23)13-3-5-14(21)6-4-13/h3-7,9,11H,8,10,12H2,1-2H3,(H,22,24). The number of hydrogen-bond acceptors (Lipinski definition) is 6. The molecule has 0 radical (unpaired) electrons. The Kier molecular flexibility index (Phi) is 7.50. The van der Waals surface area contributed by atoms with E-state index >= 15 is 0 Å². The molecule has 0 spiro atoms. The molecular formula is C20H20FNO6. The average Bonchev–Trinajstić information content (AvgIpc) is 2.70. The van der Waals surface area contributed by atoms with Gasteiger partial charge in [0.25, 0.3) is 5.91 Å². The van der Waals surface area contributed by atoms with Crippen LogP contribution in [0.5, 0.6) is 11.5 Å². The number of benzene rings is 2. The summed E-state index contributed by atoms with van der Waals surface area (Å²) in [4.78, 5) is 35.5. The van der Waals surface area contributed by atoms with E-state index in [4.69, 9.17) is 14.2 Å². The summed E-state index contributed by atoms with van der Waals surface area (Å²) in [5, 5.41) is 2.57. The molecule has 0 aliphatic heterocycles. The van der Waals surface area contributed by atoms with Crippen LogP contribution in [0.1, 0.15) is 23.2 Å². The van der Waals surface area contributed by atoms with Crippen molar-refractivity contribution < 1.29 is 33.0 Å². The molecule has 0 atom stereocenters. The number of esters is 1. The third kappa shape index (κ3) is 6.08. The second-order valence-corrected chi connectivity index (χ2v) is 5.71.